The number of amides is 2. The van der Waals surface area contributed by atoms with Crippen LogP contribution < -0.4 is 10.1 Å². The molecule has 1 saturated carbocycles. The van der Waals surface area contributed by atoms with E-state index in [1.807, 2.05) is 81.4 Å². The lowest BCUT2D eigenvalue weighted by Crippen LogP contribution is -2.53. The number of hydrogen-bond acceptors (Lipinski definition) is 3. The fourth-order valence-corrected chi connectivity index (χ4v) is 5.38. The van der Waals surface area contributed by atoms with Crippen LogP contribution in [0.15, 0.2) is 71.2 Å². The molecule has 2 amide bonds. The molecule has 1 aliphatic carbocycles. The van der Waals surface area contributed by atoms with Crippen molar-refractivity contribution in [1.82, 2.24) is 10.2 Å². The summed E-state index contributed by atoms with van der Waals surface area (Å²) in [6.45, 7) is 6.22. The Morgan fingerprint density at radius 2 is 1.61 bits per heavy atom. The lowest BCUT2D eigenvalue weighted by atomic mass is 10.0. The molecule has 0 heterocycles. The fourth-order valence-electron chi connectivity index (χ4n) is 5.15. The van der Waals surface area contributed by atoms with Gasteiger partial charge < -0.3 is 15.0 Å². The first-order chi connectivity index (χ1) is 18.3. The van der Waals surface area contributed by atoms with E-state index in [9.17, 15) is 9.59 Å². The highest BCUT2D eigenvalue weighted by molar-refractivity contribution is 9.10. The van der Waals surface area contributed by atoms with Crippen molar-refractivity contribution in [3.63, 3.8) is 0 Å². The Kier molecular flexibility index (Phi) is 9.62. The summed E-state index contributed by atoms with van der Waals surface area (Å²) in [5.74, 6) is 0.325. The van der Waals surface area contributed by atoms with Gasteiger partial charge in [0.05, 0.1) is 0 Å². The molecular weight excluding hydrogens is 540 g/mol. The van der Waals surface area contributed by atoms with Gasteiger partial charge in [-0.25, -0.2) is 0 Å². The maximum absolute atomic E-state index is 13.8. The standard InChI is InChI=1S/C32H37BrN2O3/c1-22-10-9-13-26(16-22)20-35(30(36)21-38-28-17-23(2)31(33)24(3)18-28)29(19-25-11-5-4-6-12-25)32(37)34-27-14-7-8-15-27/h4-6,9-13,16-18,27,29H,7-8,14-15,19-21H2,1-3H3,(H,34,37). The van der Waals surface area contributed by atoms with Crippen molar-refractivity contribution in [2.24, 2.45) is 0 Å². The third kappa shape index (κ3) is 7.47. The van der Waals surface area contributed by atoms with E-state index in [1.54, 1.807) is 4.90 Å². The highest BCUT2D eigenvalue weighted by Gasteiger charge is 2.32. The average molecular weight is 578 g/mol. The van der Waals surface area contributed by atoms with Crippen LogP contribution in [0.3, 0.4) is 0 Å². The Morgan fingerprint density at radius 3 is 2.26 bits per heavy atom. The van der Waals surface area contributed by atoms with Gasteiger partial charge in [0.2, 0.25) is 5.91 Å². The lowest BCUT2D eigenvalue weighted by Gasteiger charge is -2.32. The molecular formula is C32H37BrN2O3. The number of ether oxygens (including phenoxy) is 1. The molecule has 1 fully saturated rings. The van der Waals surface area contributed by atoms with Gasteiger partial charge in [-0.05, 0) is 68.0 Å². The Balaban J connectivity index is 1.62. The van der Waals surface area contributed by atoms with Gasteiger partial charge in [0.15, 0.2) is 6.61 Å². The van der Waals surface area contributed by atoms with Crippen molar-refractivity contribution in [2.75, 3.05) is 6.61 Å². The van der Waals surface area contributed by atoms with E-state index < -0.39 is 6.04 Å². The van der Waals surface area contributed by atoms with Crippen molar-refractivity contribution >= 4 is 27.7 Å². The van der Waals surface area contributed by atoms with Crippen LogP contribution in [0.4, 0.5) is 0 Å². The van der Waals surface area contributed by atoms with E-state index >= 15 is 0 Å². The van der Waals surface area contributed by atoms with E-state index in [0.717, 1.165) is 58.0 Å². The summed E-state index contributed by atoms with van der Waals surface area (Å²) in [6, 6.07) is 21.4. The summed E-state index contributed by atoms with van der Waals surface area (Å²) in [6.07, 6.45) is 4.66. The Bertz CT molecular complexity index is 1230. The average Bonchev–Trinajstić information content (AvgIpc) is 3.41. The maximum atomic E-state index is 13.8. The van der Waals surface area contributed by atoms with Gasteiger partial charge >= 0.3 is 0 Å². The summed E-state index contributed by atoms with van der Waals surface area (Å²) < 4.78 is 7.03. The number of carbonyl (C=O) groups excluding carboxylic acids is 2. The van der Waals surface area contributed by atoms with Gasteiger partial charge in [-0.1, -0.05) is 88.9 Å². The molecule has 5 nitrogen and oxygen atoms in total. The molecule has 0 saturated heterocycles. The molecule has 0 aromatic heterocycles. The highest BCUT2D eigenvalue weighted by atomic mass is 79.9. The van der Waals surface area contributed by atoms with Gasteiger partial charge in [0.25, 0.3) is 5.91 Å². The number of halogens is 1. The van der Waals surface area contributed by atoms with Crippen molar-refractivity contribution in [3.05, 3.63) is 99.0 Å². The minimum Gasteiger partial charge on any atom is -0.484 e. The molecule has 4 rings (SSSR count). The van der Waals surface area contributed by atoms with Crippen LogP contribution in [0.25, 0.3) is 0 Å². The second-order valence-corrected chi connectivity index (χ2v) is 11.2. The quantitative estimate of drug-likeness (QED) is 0.301. The van der Waals surface area contributed by atoms with Crippen LogP contribution >= 0.6 is 15.9 Å². The molecule has 3 aromatic rings. The van der Waals surface area contributed by atoms with Gasteiger partial charge in [0.1, 0.15) is 11.8 Å². The molecule has 6 heteroatoms. The minimum absolute atomic E-state index is 0.0999. The summed E-state index contributed by atoms with van der Waals surface area (Å²) in [5.41, 5.74) is 5.20. The van der Waals surface area contributed by atoms with Crippen LogP contribution in [0.1, 0.15) is 53.5 Å². The molecule has 3 aromatic carbocycles. The molecule has 38 heavy (non-hydrogen) atoms. The normalized spacial score (nSPS) is 14.2. The zero-order chi connectivity index (χ0) is 27.1. The number of nitrogens with zero attached hydrogens (tertiary/aromatic N) is 1. The third-order valence-electron chi connectivity index (χ3n) is 7.18. The van der Waals surface area contributed by atoms with E-state index in [-0.39, 0.29) is 24.5 Å². The van der Waals surface area contributed by atoms with Gasteiger partial charge in [-0.3, -0.25) is 9.59 Å². The first-order valence-corrected chi connectivity index (χ1v) is 14.2. The van der Waals surface area contributed by atoms with Crippen molar-refractivity contribution in [1.29, 1.82) is 0 Å². The Labute approximate surface area is 234 Å². The summed E-state index contributed by atoms with van der Waals surface area (Å²) in [4.78, 5) is 29.3. The second kappa shape index (κ2) is 13.1. The molecule has 200 valence electrons. The molecule has 1 atom stereocenters. The zero-order valence-corrected chi connectivity index (χ0v) is 24.1. The first-order valence-electron chi connectivity index (χ1n) is 13.4. The molecule has 0 aliphatic heterocycles. The van der Waals surface area contributed by atoms with E-state index in [1.165, 1.54) is 0 Å². The lowest BCUT2D eigenvalue weighted by molar-refractivity contribution is -0.143. The third-order valence-corrected chi connectivity index (χ3v) is 8.43. The predicted molar refractivity (Wildman–Crippen MR) is 155 cm³/mol. The van der Waals surface area contributed by atoms with Gasteiger partial charge in [-0.15, -0.1) is 0 Å². The smallest absolute Gasteiger partial charge is 0.261 e. The van der Waals surface area contributed by atoms with E-state index in [2.05, 4.69) is 27.3 Å². The SMILES string of the molecule is Cc1cccc(CN(C(=O)COc2cc(C)c(Br)c(C)c2)C(Cc2ccccc2)C(=O)NC2CCCC2)c1. The number of rotatable bonds is 10. The maximum Gasteiger partial charge on any atom is 0.261 e. The van der Waals surface area contributed by atoms with Crippen molar-refractivity contribution in [3.8, 4) is 5.75 Å². The topological polar surface area (TPSA) is 58.6 Å². The molecule has 1 aliphatic rings. The van der Waals surface area contributed by atoms with Crippen LogP contribution in [-0.4, -0.2) is 35.4 Å². The monoisotopic (exact) mass is 576 g/mol. The van der Waals surface area contributed by atoms with Gasteiger partial charge in [0, 0.05) is 23.5 Å². The van der Waals surface area contributed by atoms with Crippen molar-refractivity contribution in [2.45, 2.75) is 71.5 Å². The summed E-state index contributed by atoms with van der Waals surface area (Å²) in [5, 5.41) is 3.25. The number of aryl methyl sites for hydroxylation is 3. The van der Waals surface area contributed by atoms with Crippen LogP contribution in [0, 0.1) is 20.8 Å². The number of benzene rings is 3. The molecule has 1 N–H and O–H groups in total. The summed E-state index contributed by atoms with van der Waals surface area (Å²) >= 11 is 3.59. The molecule has 0 bridgehead atoms. The summed E-state index contributed by atoms with van der Waals surface area (Å²) in [7, 11) is 0. The first kappa shape index (κ1) is 27.9. The number of nitrogens with one attached hydrogen (secondary N) is 1. The number of carbonyl (C=O) groups is 2. The molecule has 0 spiro atoms. The number of hydrogen-bond donors (Lipinski definition) is 1. The van der Waals surface area contributed by atoms with Gasteiger partial charge in [-0.2, -0.15) is 0 Å². The van der Waals surface area contributed by atoms with Crippen LogP contribution in [-0.2, 0) is 22.6 Å². The van der Waals surface area contributed by atoms with Crippen LogP contribution in [0.2, 0.25) is 0 Å². The largest absolute Gasteiger partial charge is 0.484 e. The minimum atomic E-state index is -0.650. The van der Waals surface area contributed by atoms with E-state index in [0.29, 0.717) is 18.7 Å². The Hall–Kier alpha value is -3.12. The van der Waals surface area contributed by atoms with E-state index in [4.69, 9.17) is 4.74 Å². The predicted octanol–water partition coefficient (Wildman–Crippen LogP) is 6.45. The second-order valence-electron chi connectivity index (χ2n) is 10.4. The fraction of sp³-hybridized carbons (Fsp3) is 0.375. The Morgan fingerprint density at radius 1 is 0.947 bits per heavy atom. The molecule has 1 unspecified atom stereocenters. The van der Waals surface area contributed by atoms with Crippen LogP contribution in [0.5, 0.6) is 5.75 Å². The van der Waals surface area contributed by atoms with Crippen molar-refractivity contribution < 1.29 is 14.3 Å². The zero-order valence-electron chi connectivity index (χ0n) is 22.5. The highest BCUT2D eigenvalue weighted by Crippen LogP contribution is 2.27. The molecule has 0 radical (unpaired) electrons.